The molecule has 1 heterocycles. The second-order valence-corrected chi connectivity index (χ2v) is 14.5. The molecule has 0 saturated carbocycles. The van der Waals surface area contributed by atoms with Crippen LogP contribution in [-0.2, 0) is 4.79 Å². The van der Waals surface area contributed by atoms with Crippen LogP contribution in [0.15, 0.2) is 133 Å². The van der Waals surface area contributed by atoms with E-state index in [1.165, 1.54) is 6.08 Å². The molecule has 1 aliphatic rings. The van der Waals surface area contributed by atoms with E-state index in [9.17, 15) is 10.1 Å². The molecule has 0 spiro atoms. The minimum atomic E-state index is -3.12. The van der Waals surface area contributed by atoms with E-state index in [-0.39, 0.29) is 33.6 Å². The number of benzene rings is 5. The number of carbonyl (C=O) groups excluding carboxylic acids is 1. The Morgan fingerprint density at radius 2 is 1.20 bits per heavy atom. The van der Waals surface area contributed by atoms with Crippen molar-refractivity contribution in [2.75, 3.05) is 0 Å². The number of ketones is 1. The molecule has 7 rings (SSSR count). The second kappa shape index (κ2) is 11.1. The Balaban J connectivity index is 1.81. The molecule has 1 aliphatic carbocycles. The molecule has 5 nitrogen and oxygen atoms in total. The van der Waals surface area contributed by atoms with Crippen LogP contribution in [0, 0.1) is 4.91 Å². The molecule has 0 bridgehead atoms. The van der Waals surface area contributed by atoms with Gasteiger partial charge in [0.15, 0.2) is 11.2 Å². The smallest absolute Gasteiger partial charge is 0.302 e. The number of aromatic nitrogens is 2. The van der Waals surface area contributed by atoms with E-state index in [1.54, 1.807) is 42.5 Å². The van der Waals surface area contributed by atoms with Gasteiger partial charge >= 0.3 is 5.69 Å². The minimum absolute atomic E-state index is 0.0861. The van der Waals surface area contributed by atoms with Gasteiger partial charge in [0.2, 0.25) is 5.78 Å². The highest BCUT2D eigenvalue weighted by molar-refractivity contribution is 7.97. The molecule has 0 atom stereocenters. The maximum absolute atomic E-state index is 15.3. The Labute approximate surface area is 263 Å². The fourth-order valence-electron chi connectivity index (χ4n) is 6.06. The first-order chi connectivity index (χ1) is 21.4. The number of hydrogen-bond donors (Lipinski definition) is 1. The molecule has 1 N–H and O–H groups in total. The SMILES string of the molecule is O=C1C(c2cc(Cl)ccc2Cl)=Cc2c([n+](=O)c3ccccc3n2O)C1=P(c1ccccc1)(c1ccccc1)c1ccccc1. The van der Waals surface area contributed by atoms with Crippen LogP contribution in [0.3, 0.4) is 0 Å². The van der Waals surface area contributed by atoms with Crippen molar-refractivity contribution < 1.29 is 14.4 Å². The average Bonchev–Trinajstić information content (AvgIpc) is 3.07. The van der Waals surface area contributed by atoms with Gasteiger partial charge in [-0.3, -0.25) is 4.79 Å². The number of halogens is 2. The summed E-state index contributed by atoms with van der Waals surface area (Å²) >= 11 is 13.1. The molecule has 0 fully saturated rings. The Kier molecular flexibility index (Phi) is 7.10. The normalized spacial score (nSPS) is 13.1. The van der Waals surface area contributed by atoms with Gasteiger partial charge in [0, 0.05) is 32.2 Å². The molecule has 0 unspecified atom stereocenters. The zero-order valence-corrected chi connectivity index (χ0v) is 25.5. The van der Waals surface area contributed by atoms with Gasteiger partial charge in [-0.05, 0) is 53.1 Å². The van der Waals surface area contributed by atoms with Gasteiger partial charge in [-0.1, -0.05) is 126 Å². The molecule has 0 amide bonds. The van der Waals surface area contributed by atoms with Gasteiger partial charge in [0.25, 0.3) is 5.52 Å². The summed E-state index contributed by atoms with van der Waals surface area (Å²) in [4.78, 5) is 29.8. The Bertz CT molecular complexity index is 2140. The molecule has 0 aliphatic heterocycles. The summed E-state index contributed by atoms with van der Waals surface area (Å²) in [5.74, 6) is -0.369. The van der Waals surface area contributed by atoms with Crippen molar-refractivity contribution in [2.45, 2.75) is 0 Å². The first-order valence-corrected chi connectivity index (χ1v) is 16.4. The van der Waals surface area contributed by atoms with Gasteiger partial charge in [0.05, 0.1) is 4.43 Å². The quantitative estimate of drug-likeness (QED) is 0.133. The van der Waals surface area contributed by atoms with Crippen LogP contribution in [-0.4, -0.2) is 21.0 Å². The Morgan fingerprint density at radius 3 is 1.77 bits per heavy atom. The van der Waals surface area contributed by atoms with Crippen molar-refractivity contribution in [3.05, 3.63) is 165 Å². The molecule has 214 valence electrons. The molecular weight excluding hydrogens is 610 g/mol. The number of rotatable bonds is 4. The number of allylic oxidation sites excluding steroid dienone is 1. The zero-order chi connectivity index (χ0) is 30.4. The van der Waals surface area contributed by atoms with E-state index in [0.717, 1.165) is 25.1 Å². The maximum atomic E-state index is 15.3. The van der Waals surface area contributed by atoms with Gasteiger partial charge in [-0.15, -0.1) is 0 Å². The predicted octanol–water partition coefficient (Wildman–Crippen LogP) is 6.74. The average molecular weight is 634 g/mol. The number of fused-ring (bicyclic) bond motifs is 2. The van der Waals surface area contributed by atoms with E-state index in [4.69, 9.17) is 23.2 Å². The number of hydrogen-bond acceptors (Lipinski definition) is 3. The third kappa shape index (κ3) is 4.28. The number of nitrogens with zero attached hydrogens (tertiary/aromatic N) is 2. The highest BCUT2D eigenvalue weighted by Gasteiger charge is 2.45. The highest BCUT2D eigenvalue weighted by Crippen LogP contribution is 2.50. The summed E-state index contributed by atoms with van der Waals surface area (Å²) in [6, 6.07) is 41.1. The molecule has 0 radical (unpaired) electrons. The van der Waals surface area contributed by atoms with Crippen molar-refractivity contribution in [3.8, 4) is 0 Å². The maximum Gasteiger partial charge on any atom is 0.302 e. The lowest BCUT2D eigenvalue weighted by molar-refractivity contribution is -0.466. The van der Waals surface area contributed by atoms with E-state index >= 15 is 4.79 Å². The third-order valence-corrected chi connectivity index (χ3v) is 12.8. The molecule has 44 heavy (non-hydrogen) atoms. The first kappa shape index (κ1) is 28.1. The first-order valence-electron chi connectivity index (χ1n) is 13.9. The van der Waals surface area contributed by atoms with Crippen LogP contribution in [0.2, 0.25) is 10.0 Å². The largest absolute Gasteiger partial charge is 0.427 e. The monoisotopic (exact) mass is 633 g/mol. The molecule has 0 saturated heterocycles. The van der Waals surface area contributed by atoms with Crippen LogP contribution in [0.5, 0.6) is 0 Å². The van der Waals surface area contributed by atoms with E-state index in [2.05, 4.69) is 0 Å². The second-order valence-electron chi connectivity index (χ2n) is 10.4. The number of Topliss-reactive ketones (excluding diaryl/α,β-unsaturated/α-hetero) is 1. The van der Waals surface area contributed by atoms with Crippen molar-refractivity contribution in [2.24, 2.45) is 0 Å². The number of carbonyl (C=O) groups is 1. The Morgan fingerprint density at radius 1 is 0.682 bits per heavy atom. The summed E-state index contributed by atoms with van der Waals surface area (Å²) in [6.07, 6.45) is 1.54. The summed E-state index contributed by atoms with van der Waals surface area (Å²) in [6.45, 7) is -3.12. The fraction of sp³-hybridized carbons (Fsp3) is 0. The van der Waals surface area contributed by atoms with Crippen LogP contribution < -0.4 is 20.3 Å². The van der Waals surface area contributed by atoms with Crippen molar-refractivity contribution in [1.29, 1.82) is 0 Å². The van der Waals surface area contributed by atoms with E-state index in [0.29, 0.717) is 21.1 Å². The summed E-state index contributed by atoms with van der Waals surface area (Å²) in [5.41, 5.74) is 1.42. The van der Waals surface area contributed by atoms with Gasteiger partial charge < -0.3 is 5.21 Å². The third-order valence-electron chi connectivity index (χ3n) is 7.95. The van der Waals surface area contributed by atoms with Crippen molar-refractivity contribution >= 4 is 79.8 Å². The highest BCUT2D eigenvalue weighted by atomic mass is 35.5. The molecular formula is C36H24Cl2N2O3P+. The fourth-order valence-corrected chi connectivity index (χ4v) is 10.9. The lowest BCUT2D eigenvalue weighted by Crippen LogP contribution is -2.42. The van der Waals surface area contributed by atoms with E-state index < -0.39 is 6.89 Å². The molecule has 5 aromatic carbocycles. The van der Waals surface area contributed by atoms with Crippen LogP contribution in [0.1, 0.15) is 17.0 Å². The molecule has 8 heteroatoms. The lowest BCUT2D eigenvalue weighted by Gasteiger charge is -2.32. The van der Waals surface area contributed by atoms with E-state index in [1.807, 2.05) is 91.0 Å². The van der Waals surface area contributed by atoms with Crippen LogP contribution >= 0.6 is 30.1 Å². The minimum Gasteiger partial charge on any atom is -0.427 e. The van der Waals surface area contributed by atoms with Crippen molar-refractivity contribution in [1.82, 2.24) is 4.73 Å². The molecule has 1 aromatic heterocycles. The van der Waals surface area contributed by atoms with Crippen LogP contribution in [0.4, 0.5) is 0 Å². The van der Waals surface area contributed by atoms with Gasteiger partial charge in [0.1, 0.15) is 5.29 Å². The summed E-state index contributed by atoms with van der Waals surface area (Å²) in [7, 11) is 0. The molecule has 6 aromatic rings. The summed E-state index contributed by atoms with van der Waals surface area (Å²) in [5, 5.41) is 15.4. The standard InChI is InChI=1S/C36H24Cl2N2O3P/c37-24-20-21-30(38)28(22-24)29-23-33-34(40(43)32-19-11-10-18-31(32)39(33)42)36(35(29)41)44(25-12-4-1-5-13-25,26-14-6-2-7-15-26)27-16-8-3-9-17-27/h1-23,42H/q+1. The van der Waals surface area contributed by atoms with Gasteiger partial charge in [-0.25, -0.2) is 0 Å². The summed E-state index contributed by atoms with van der Waals surface area (Å²) < 4.78 is 1.76. The van der Waals surface area contributed by atoms with Crippen LogP contribution in [0.25, 0.3) is 22.7 Å². The zero-order valence-electron chi connectivity index (χ0n) is 23.1. The topological polar surface area (TPSA) is 65.2 Å². The predicted molar refractivity (Wildman–Crippen MR) is 181 cm³/mol. The van der Waals surface area contributed by atoms with Crippen molar-refractivity contribution in [3.63, 3.8) is 0 Å². The van der Waals surface area contributed by atoms with Gasteiger partial charge in [-0.2, -0.15) is 4.73 Å². The Hall–Kier alpha value is -4.67. The number of para-hydroxylation sites is 2. The lowest BCUT2D eigenvalue weighted by atomic mass is 9.92.